The van der Waals surface area contributed by atoms with Gasteiger partial charge in [-0.05, 0) is 55.2 Å². The van der Waals surface area contributed by atoms with Crippen LogP contribution in [0.1, 0.15) is 18.9 Å². The van der Waals surface area contributed by atoms with Gasteiger partial charge in [-0.3, -0.25) is 0 Å². The molecular weight excluding hydrogens is 237 g/mol. The Labute approximate surface area is 106 Å². The van der Waals surface area contributed by atoms with E-state index in [0.29, 0.717) is 13.0 Å². The highest BCUT2D eigenvalue weighted by Crippen LogP contribution is 2.25. The van der Waals surface area contributed by atoms with E-state index in [9.17, 15) is 4.39 Å². The number of hydrogen-bond acceptors (Lipinski definition) is 1. The van der Waals surface area contributed by atoms with Gasteiger partial charge in [0.2, 0.25) is 0 Å². The van der Waals surface area contributed by atoms with Crippen molar-refractivity contribution in [2.24, 2.45) is 0 Å². The van der Waals surface area contributed by atoms with Crippen molar-refractivity contribution in [1.82, 2.24) is 0 Å². The molecule has 1 aliphatic heterocycles. The number of hydrogen-bond donors (Lipinski definition) is 1. The molecule has 0 amide bonds. The van der Waals surface area contributed by atoms with Crippen molar-refractivity contribution in [2.75, 3.05) is 11.9 Å². The number of benzene rings is 1. The number of allylic oxidation sites excluding steroid dienone is 3. The molecule has 1 aromatic rings. The fourth-order valence-electron chi connectivity index (χ4n) is 1.86. The molecular formula is C14H15ClFN. The van der Waals surface area contributed by atoms with Crippen LogP contribution in [0.15, 0.2) is 41.8 Å². The van der Waals surface area contributed by atoms with Gasteiger partial charge >= 0.3 is 0 Å². The molecule has 0 bridgehead atoms. The van der Waals surface area contributed by atoms with E-state index in [4.69, 9.17) is 11.6 Å². The van der Waals surface area contributed by atoms with Crippen molar-refractivity contribution in [3.63, 3.8) is 0 Å². The Kier molecular flexibility index (Phi) is 3.85. The van der Waals surface area contributed by atoms with E-state index < -0.39 is 0 Å². The lowest BCUT2D eigenvalue weighted by Crippen LogP contribution is -2.03. The van der Waals surface area contributed by atoms with Crippen molar-refractivity contribution in [2.45, 2.75) is 19.8 Å². The number of rotatable bonds is 0. The quantitative estimate of drug-likeness (QED) is 0.716. The van der Waals surface area contributed by atoms with Gasteiger partial charge in [0.1, 0.15) is 5.83 Å². The second-order valence-corrected chi connectivity index (χ2v) is 4.65. The molecule has 1 aliphatic rings. The molecule has 0 saturated carbocycles. The molecule has 0 aromatic heterocycles. The van der Waals surface area contributed by atoms with Gasteiger partial charge in [-0.2, -0.15) is 0 Å². The van der Waals surface area contributed by atoms with Crippen molar-refractivity contribution in [1.29, 1.82) is 0 Å². The topological polar surface area (TPSA) is 12.0 Å². The van der Waals surface area contributed by atoms with Crippen molar-refractivity contribution >= 4 is 17.3 Å². The Morgan fingerprint density at radius 2 is 2.12 bits per heavy atom. The predicted octanol–water partition coefficient (Wildman–Crippen LogP) is 4.50. The smallest absolute Gasteiger partial charge is 0.121 e. The van der Waals surface area contributed by atoms with Gasteiger partial charge in [0.05, 0.1) is 0 Å². The number of halogens is 2. The van der Waals surface area contributed by atoms with Crippen molar-refractivity contribution in [3.8, 4) is 0 Å². The third-order valence-corrected chi connectivity index (χ3v) is 3.15. The van der Waals surface area contributed by atoms with Crippen LogP contribution in [0.25, 0.3) is 0 Å². The third kappa shape index (κ3) is 3.10. The second-order valence-electron chi connectivity index (χ2n) is 4.21. The van der Waals surface area contributed by atoms with Crippen LogP contribution in [0.4, 0.5) is 10.1 Å². The van der Waals surface area contributed by atoms with Crippen LogP contribution in [0.5, 0.6) is 0 Å². The van der Waals surface area contributed by atoms with E-state index >= 15 is 0 Å². The summed E-state index contributed by atoms with van der Waals surface area (Å²) in [6, 6.07) is 5.79. The zero-order valence-electron chi connectivity index (χ0n) is 9.76. The number of aryl methyl sites for hydroxylation is 1. The maximum absolute atomic E-state index is 13.5. The highest BCUT2D eigenvalue weighted by atomic mass is 35.5. The normalized spacial score (nSPS) is 22.5. The minimum absolute atomic E-state index is 0.128. The van der Waals surface area contributed by atoms with E-state index in [1.54, 1.807) is 6.08 Å². The molecule has 1 N–H and O–H groups in total. The van der Waals surface area contributed by atoms with Gasteiger partial charge in [0.15, 0.2) is 0 Å². The van der Waals surface area contributed by atoms with Gasteiger partial charge in [-0.15, -0.1) is 0 Å². The Hall–Kier alpha value is -1.28. The molecule has 1 nitrogen and oxygen atoms in total. The lowest BCUT2D eigenvalue weighted by molar-refractivity contribution is 0.643. The molecule has 0 radical (unpaired) electrons. The largest absolute Gasteiger partial charge is 0.381 e. The average Bonchev–Trinajstić information content (AvgIpc) is 2.32. The maximum atomic E-state index is 13.5. The molecule has 0 unspecified atom stereocenters. The monoisotopic (exact) mass is 251 g/mol. The summed E-state index contributed by atoms with van der Waals surface area (Å²) in [6.07, 6.45) is 4.84. The summed E-state index contributed by atoms with van der Waals surface area (Å²) >= 11 is 5.98. The maximum Gasteiger partial charge on any atom is 0.121 e. The minimum Gasteiger partial charge on any atom is -0.381 e. The predicted molar refractivity (Wildman–Crippen MR) is 71.2 cm³/mol. The molecule has 17 heavy (non-hydrogen) atoms. The lowest BCUT2D eigenvalue weighted by atomic mass is 10.0. The summed E-state index contributed by atoms with van der Waals surface area (Å²) in [5, 5.41) is 3.98. The number of nitrogens with one attached hydrogen (secondary N) is 1. The van der Waals surface area contributed by atoms with Crippen LogP contribution in [0.3, 0.4) is 0 Å². The second kappa shape index (κ2) is 5.37. The molecule has 0 aliphatic carbocycles. The third-order valence-electron chi connectivity index (χ3n) is 2.92. The van der Waals surface area contributed by atoms with Gasteiger partial charge in [0, 0.05) is 17.3 Å². The Bertz CT molecular complexity index is 477. The van der Waals surface area contributed by atoms with Crippen LogP contribution in [0, 0.1) is 0 Å². The Balaban J connectivity index is 2.32. The zero-order chi connectivity index (χ0) is 12.3. The van der Waals surface area contributed by atoms with E-state index in [0.717, 1.165) is 28.3 Å². The van der Waals surface area contributed by atoms with Crippen LogP contribution < -0.4 is 5.32 Å². The molecule has 90 valence electrons. The highest BCUT2D eigenvalue weighted by molar-refractivity contribution is 6.30. The molecule has 1 heterocycles. The summed E-state index contributed by atoms with van der Waals surface area (Å²) in [5.41, 5.74) is 3.00. The molecule has 1 aromatic carbocycles. The number of fused-ring (bicyclic) bond motifs is 1. The average molecular weight is 252 g/mol. The Morgan fingerprint density at radius 3 is 2.94 bits per heavy atom. The summed E-state index contributed by atoms with van der Waals surface area (Å²) < 4.78 is 13.5. The lowest BCUT2D eigenvalue weighted by Gasteiger charge is -2.13. The molecule has 3 heteroatoms. The zero-order valence-corrected chi connectivity index (χ0v) is 10.5. The first-order valence-corrected chi connectivity index (χ1v) is 6.08. The van der Waals surface area contributed by atoms with Crippen molar-refractivity contribution < 1.29 is 4.39 Å². The van der Waals surface area contributed by atoms with E-state index in [1.807, 2.05) is 25.1 Å². The van der Waals surface area contributed by atoms with Gasteiger partial charge in [-0.25, -0.2) is 4.39 Å². The van der Waals surface area contributed by atoms with E-state index in [2.05, 4.69) is 5.32 Å². The van der Waals surface area contributed by atoms with Crippen LogP contribution in [0.2, 0.25) is 5.02 Å². The summed E-state index contributed by atoms with van der Waals surface area (Å²) in [6.45, 7) is 2.45. The summed E-state index contributed by atoms with van der Waals surface area (Å²) in [7, 11) is 0. The van der Waals surface area contributed by atoms with Crippen LogP contribution in [-0.4, -0.2) is 6.54 Å². The summed E-state index contributed by atoms with van der Waals surface area (Å²) in [5.74, 6) is -0.128. The van der Waals surface area contributed by atoms with E-state index in [-0.39, 0.29) is 5.83 Å². The molecule has 0 spiro atoms. The van der Waals surface area contributed by atoms with Gasteiger partial charge in [0.25, 0.3) is 0 Å². The minimum atomic E-state index is -0.128. The van der Waals surface area contributed by atoms with E-state index in [1.165, 1.54) is 6.08 Å². The number of anilines is 1. The highest BCUT2D eigenvalue weighted by Gasteiger charge is 2.06. The fourth-order valence-corrected chi connectivity index (χ4v) is 2.05. The van der Waals surface area contributed by atoms with Gasteiger partial charge < -0.3 is 5.32 Å². The Morgan fingerprint density at radius 1 is 1.29 bits per heavy atom. The first-order valence-electron chi connectivity index (χ1n) is 5.71. The van der Waals surface area contributed by atoms with Crippen LogP contribution >= 0.6 is 11.6 Å². The molecule has 0 atom stereocenters. The first-order chi connectivity index (χ1) is 8.16. The van der Waals surface area contributed by atoms with Crippen molar-refractivity contribution in [3.05, 3.63) is 52.3 Å². The SMILES string of the molecule is C/C1=C(F)/C=C\CNc2ccc(Cl)cc2CC1. The fraction of sp³-hybridized carbons (Fsp3) is 0.286. The standard InChI is InChI=1S/C14H15ClFN/c1-10-4-5-11-9-12(15)6-7-14(11)17-8-2-3-13(10)16/h2-3,6-7,9,17H,4-5,8H2,1H3/b3-2-,13-10+. The molecule has 0 saturated heterocycles. The van der Waals surface area contributed by atoms with Gasteiger partial charge in [-0.1, -0.05) is 17.7 Å². The first kappa shape index (κ1) is 12.2. The summed E-state index contributed by atoms with van der Waals surface area (Å²) in [4.78, 5) is 0. The van der Waals surface area contributed by atoms with Crippen LogP contribution in [-0.2, 0) is 6.42 Å². The molecule has 0 fully saturated rings. The molecule has 2 rings (SSSR count).